The van der Waals surface area contributed by atoms with Gasteiger partial charge in [-0.25, -0.2) is 8.42 Å². The van der Waals surface area contributed by atoms with Gasteiger partial charge in [-0.2, -0.15) is 0 Å². The van der Waals surface area contributed by atoms with Crippen molar-refractivity contribution in [2.45, 2.75) is 17.9 Å². The average Bonchev–Trinajstić information content (AvgIpc) is 2.60. The molecule has 1 N–H and O–H groups in total. The maximum Gasteiger partial charge on any atom is 0.293 e. The van der Waals surface area contributed by atoms with Gasteiger partial charge in [-0.15, -0.1) is 0 Å². The van der Waals surface area contributed by atoms with Gasteiger partial charge < -0.3 is 10.0 Å². The maximum atomic E-state index is 13.0. The number of aliphatic hydroxyl groups is 1. The molecule has 1 fully saturated rings. The Morgan fingerprint density at radius 3 is 2.42 bits per heavy atom. The molecule has 0 unspecified atom stereocenters. The molecule has 8 nitrogen and oxygen atoms in total. The molecule has 1 aliphatic heterocycles. The number of rotatable bonds is 6. The highest BCUT2D eigenvalue weighted by Crippen LogP contribution is 2.34. The predicted octanol–water partition coefficient (Wildman–Crippen LogP) is 1.99. The molecule has 3 rings (SSSR count). The van der Waals surface area contributed by atoms with Crippen molar-refractivity contribution in [3.63, 3.8) is 0 Å². The Morgan fingerprint density at radius 1 is 1.23 bits per heavy atom. The molecule has 26 heavy (non-hydrogen) atoms. The van der Waals surface area contributed by atoms with E-state index in [1.54, 1.807) is 42.2 Å². The van der Waals surface area contributed by atoms with Crippen LogP contribution in [0.3, 0.4) is 0 Å². The standard InChI is InChI=1S/C17H19N3O5S/c1-2-19(13-6-4-3-5-7-13)26(24,25)15-8-9-16(17(10-15)20(22)23)18-11-14(21)12-18/h3-10,14,21H,2,11-12H2,1H3. The summed E-state index contributed by atoms with van der Waals surface area (Å²) in [6.07, 6.45) is -0.522. The van der Waals surface area contributed by atoms with E-state index in [1.165, 1.54) is 16.4 Å². The van der Waals surface area contributed by atoms with Gasteiger partial charge in [0.15, 0.2) is 0 Å². The van der Waals surface area contributed by atoms with Crippen molar-refractivity contribution in [1.29, 1.82) is 0 Å². The number of anilines is 2. The van der Waals surface area contributed by atoms with E-state index in [-0.39, 0.29) is 30.2 Å². The molecule has 138 valence electrons. The third-order valence-corrected chi connectivity index (χ3v) is 6.16. The molecule has 0 radical (unpaired) electrons. The molecule has 9 heteroatoms. The maximum absolute atomic E-state index is 13.0. The van der Waals surface area contributed by atoms with Crippen LogP contribution in [-0.4, -0.2) is 44.2 Å². The van der Waals surface area contributed by atoms with Crippen LogP contribution in [0.2, 0.25) is 0 Å². The van der Waals surface area contributed by atoms with Crippen molar-refractivity contribution < 1.29 is 18.4 Å². The second-order valence-corrected chi connectivity index (χ2v) is 7.83. The topological polar surface area (TPSA) is 104 Å². The van der Waals surface area contributed by atoms with Crippen LogP contribution in [-0.2, 0) is 10.0 Å². The lowest BCUT2D eigenvalue weighted by Crippen LogP contribution is -2.51. The van der Waals surface area contributed by atoms with Crippen LogP contribution < -0.4 is 9.21 Å². The highest BCUT2D eigenvalue weighted by atomic mass is 32.2. The summed E-state index contributed by atoms with van der Waals surface area (Å²) >= 11 is 0. The lowest BCUT2D eigenvalue weighted by Gasteiger charge is -2.37. The van der Waals surface area contributed by atoms with Crippen LogP contribution in [0.25, 0.3) is 0 Å². The fourth-order valence-corrected chi connectivity index (χ4v) is 4.44. The third-order valence-electron chi connectivity index (χ3n) is 4.27. The van der Waals surface area contributed by atoms with E-state index >= 15 is 0 Å². The number of β-amino-alcohol motifs (C(OH)–C–C–N with tert-alkyl or cyclic N) is 1. The molecule has 0 saturated carbocycles. The van der Waals surface area contributed by atoms with Crippen LogP contribution in [0, 0.1) is 10.1 Å². The van der Waals surface area contributed by atoms with Gasteiger partial charge in [0.25, 0.3) is 15.7 Å². The minimum absolute atomic E-state index is 0.139. The van der Waals surface area contributed by atoms with Gasteiger partial charge in [0.1, 0.15) is 5.69 Å². The Morgan fingerprint density at radius 2 is 1.88 bits per heavy atom. The van der Waals surface area contributed by atoms with E-state index in [1.807, 2.05) is 0 Å². The average molecular weight is 377 g/mol. The molecule has 0 bridgehead atoms. The van der Waals surface area contributed by atoms with Crippen LogP contribution in [0.1, 0.15) is 6.92 Å². The zero-order valence-corrected chi connectivity index (χ0v) is 15.0. The molecular formula is C17H19N3O5S. The Labute approximate surface area is 151 Å². The summed E-state index contributed by atoms with van der Waals surface area (Å²) in [5, 5.41) is 20.9. The number of nitrogens with zero attached hydrogens (tertiary/aromatic N) is 3. The molecule has 0 spiro atoms. The number of aliphatic hydroxyl groups excluding tert-OH is 1. The first kappa shape index (κ1) is 18.2. The summed E-state index contributed by atoms with van der Waals surface area (Å²) < 4.78 is 27.2. The lowest BCUT2D eigenvalue weighted by molar-refractivity contribution is -0.384. The Hall–Kier alpha value is -2.65. The number of sulfonamides is 1. The van der Waals surface area contributed by atoms with Crippen molar-refractivity contribution in [3.05, 3.63) is 58.6 Å². The van der Waals surface area contributed by atoms with E-state index in [2.05, 4.69) is 0 Å². The molecular weight excluding hydrogens is 358 g/mol. The predicted molar refractivity (Wildman–Crippen MR) is 98.0 cm³/mol. The fraction of sp³-hybridized carbons (Fsp3) is 0.294. The summed E-state index contributed by atoms with van der Waals surface area (Å²) in [5.41, 5.74) is 0.511. The van der Waals surface area contributed by atoms with Crippen molar-refractivity contribution in [1.82, 2.24) is 0 Å². The summed E-state index contributed by atoms with van der Waals surface area (Å²) in [7, 11) is -3.94. The smallest absolute Gasteiger partial charge is 0.293 e. The Bertz CT molecular complexity index is 911. The number of para-hydroxylation sites is 1. The highest BCUT2D eigenvalue weighted by Gasteiger charge is 2.32. The van der Waals surface area contributed by atoms with Crippen LogP contribution in [0.15, 0.2) is 53.4 Å². The second-order valence-electron chi connectivity index (χ2n) is 5.97. The Kier molecular flexibility index (Phi) is 4.84. The van der Waals surface area contributed by atoms with Gasteiger partial charge in [0.05, 0.1) is 21.6 Å². The number of nitro groups is 1. The van der Waals surface area contributed by atoms with E-state index in [0.717, 1.165) is 6.07 Å². The van der Waals surface area contributed by atoms with Gasteiger partial charge in [-0.1, -0.05) is 18.2 Å². The summed E-state index contributed by atoms with van der Waals surface area (Å²) in [5.74, 6) is 0. The van der Waals surface area contributed by atoms with E-state index in [0.29, 0.717) is 11.4 Å². The van der Waals surface area contributed by atoms with Gasteiger partial charge in [-0.05, 0) is 31.2 Å². The van der Waals surface area contributed by atoms with Gasteiger partial charge in [-0.3, -0.25) is 14.4 Å². The Balaban J connectivity index is 2.02. The van der Waals surface area contributed by atoms with Crippen molar-refractivity contribution >= 4 is 27.1 Å². The van der Waals surface area contributed by atoms with Crippen molar-refractivity contribution in [2.24, 2.45) is 0 Å². The number of hydrogen-bond acceptors (Lipinski definition) is 6. The monoisotopic (exact) mass is 377 g/mol. The first-order valence-electron chi connectivity index (χ1n) is 8.14. The first-order valence-corrected chi connectivity index (χ1v) is 9.58. The molecule has 1 saturated heterocycles. The van der Waals surface area contributed by atoms with Crippen LogP contribution in [0.5, 0.6) is 0 Å². The molecule has 1 heterocycles. The minimum Gasteiger partial charge on any atom is -0.389 e. The van der Waals surface area contributed by atoms with Gasteiger partial charge in [0.2, 0.25) is 0 Å². The van der Waals surface area contributed by atoms with Crippen LogP contribution >= 0.6 is 0 Å². The third kappa shape index (κ3) is 3.23. The van der Waals surface area contributed by atoms with E-state index in [9.17, 15) is 23.6 Å². The number of hydrogen-bond donors (Lipinski definition) is 1. The minimum atomic E-state index is -3.94. The van der Waals surface area contributed by atoms with E-state index in [4.69, 9.17) is 0 Å². The quantitative estimate of drug-likeness (QED) is 0.610. The highest BCUT2D eigenvalue weighted by molar-refractivity contribution is 7.92. The summed E-state index contributed by atoms with van der Waals surface area (Å²) in [6.45, 7) is 2.48. The largest absolute Gasteiger partial charge is 0.389 e. The molecule has 0 aliphatic carbocycles. The number of benzene rings is 2. The van der Waals surface area contributed by atoms with Gasteiger partial charge in [0, 0.05) is 25.7 Å². The molecule has 0 aromatic heterocycles. The van der Waals surface area contributed by atoms with Crippen molar-refractivity contribution in [3.8, 4) is 0 Å². The molecule has 0 atom stereocenters. The normalized spacial score (nSPS) is 14.8. The number of nitro benzene ring substituents is 1. The molecule has 2 aromatic carbocycles. The molecule has 2 aromatic rings. The molecule has 1 aliphatic rings. The second kappa shape index (κ2) is 6.93. The SMILES string of the molecule is CCN(c1ccccc1)S(=O)(=O)c1ccc(N2CC(O)C2)c([N+](=O)[O-])c1. The van der Waals surface area contributed by atoms with Gasteiger partial charge >= 0.3 is 0 Å². The van der Waals surface area contributed by atoms with Crippen molar-refractivity contribution in [2.75, 3.05) is 28.8 Å². The zero-order chi connectivity index (χ0) is 18.9. The zero-order valence-electron chi connectivity index (χ0n) is 14.1. The molecule has 0 amide bonds. The first-order chi connectivity index (χ1) is 12.3. The van der Waals surface area contributed by atoms with Crippen LogP contribution in [0.4, 0.5) is 17.1 Å². The summed E-state index contributed by atoms with van der Waals surface area (Å²) in [6, 6.07) is 12.5. The fourth-order valence-electron chi connectivity index (χ4n) is 2.94. The summed E-state index contributed by atoms with van der Waals surface area (Å²) in [4.78, 5) is 12.4. The van der Waals surface area contributed by atoms with E-state index < -0.39 is 21.1 Å². The lowest BCUT2D eigenvalue weighted by atomic mass is 10.1.